The third kappa shape index (κ3) is 4.10. The molecule has 2 N–H and O–H groups in total. The first-order chi connectivity index (χ1) is 11.5. The van der Waals surface area contributed by atoms with Crippen molar-refractivity contribution in [2.45, 2.75) is 44.8 Å². The Labute approximate surface area is 144 Å². The number of rotatable bonds is 3. The van der Waals surface area contributed by atoms with Crippen molar-refractivity contribution in [3.63, 3.8) is 0 Å². The lowest BCUT2D eigenvalue weighted by Gasteiger charge is -2.22. The van der Waals surface area contributed by atoms with Crippen molar-refractivity contribution in [1.82, 2.24) is 9.78 Å². The number of anilines is 1. The minimum atomic E-state index is -0.230. The van der Waals surface area contributed by atoms with E-state index in [1.807, 2.05) is 31.3 Å². The standard InChI is InChI=1S/C17H22N4O2S/c1-11(22)18-13-8-6-12(7-9-13)16-20-21(2)17(24-16)19-14-4-3-5-15(23)10-14/h6-9,14-15,23H,3-5,10H2,1-2H3,(H,18,22)/t14-,15?/m1/s1. The normalized spacial score (nSPS) is 21.7. The van der Waals surface area contributed by atoms with Gasteiger partial charge in [-0.2, -0.15) is 5.10 Å². The summed E-state index contributed by atoms with van der Waals surface area (Å²) in [5.41, 5.74) is 1.77. The van der Waals surface area contributed by atoms with Gasteiger partial charge in [0.15, 0.2) is 0 Å². The average Bonchev–Trinajstić information content (AvgIpc) is 2.88. The molecular weight excluding hydrogens is 324 g/mol. The van der Waals surface area contributed by atoms with E-state index in [-0.39, 0.29) is 18.1 Å². The van der Waals surface area contributed by atoms with E-state index in [9.17, 15) is 9.90 Å². The van der Waals surface area contributed by atoms with Crippen molar-refractivity contribution in [3.05, 3.63) is 29.1 Å². The van der Waals surface area contributed by atoms with Gasteiger partial charge in [0, 0.05) is 25.2 Å². The van der Waals surface area contributed by atoms with Crippen LogP contribution in [0.3, 0.4) is 0 Å². The quantitative estimate of drug-likeness (QED) is 0.895. The predicted molar refractivity (Wildman–Crippen MR) is 94.7 cm³/mol. The summed E-state index contributed by atoms with van der Waals surface area (Å²) in [5, 5.41) is 18.0. The summed E-state index contributed by atoms with van der Waals surface area (Å²) < 4.78 is 1.79. The smallest absolute Gasteiger partial charge is 0.221 e. The Morgan fingerprint density at radius 2 is 2.12 bits per heavy atom. The molecule has 1 unspecified atom stereocenters. The molecule has 0 radical (unpaired) electrons. The van der Waals surface area contributed by atoms with E-state index in [1.165, 1.54) is 6.92 Å². The zero-order valence-electron chi connectivity index (χ0n) is 13.9. The highest BCUT2D eigenvalue weighted by Gasteiger charge is 2.19. The molecule has 128 valence electrons. The molecule has 1 amide bonds. The van der Waals surface area contributed by atoms with Gasteiger partial charge in [-0.05, 0) is 49.9 Å². The van der Waals surface area contributed by atoms with Gasteiger partial charge in [-0.25, -0.2) is 4.68 Å². The molecule has 2 aromatic rings. The minimum absolute atomic E-state index is 0.0841. The van der Waals surface area contributed by atoms with E-state index in [2.05, 4.69) is 10.4 Å². The molecule has 0 spiro atoms. The molecular formula is C17H22N4O2S. The number of aryl methyl sites for hydroxylation is 1. The lowest BCUT2D eigenvalue weighted by molar-refractivity contribution is -0.114. The number of aromatic nitrogens is 2. The summed E-state index contributed by atoms with van der Waals surface area (Å²) in [7, 11) is 1.89. The van der Waals surface area contributed by atoms with Gasteiger partial charge in [-0.15, -0.1) is 0 Å². The van der Waals surface area contributed by atoms with E-state index >= 15 is 0 Å². The lowest BCUT2D eigenvalue weighted by Crippen LogP contribution is -2.25. The Morgan fingerprint density at radius 1 is 1.38 bits per heavy atom. The lowest BCUT2D eigenvalue weighted by atomic mass is 9.94. The molecule has 0 saturated heterocycles. The van der Waals surface area contributed by atoms with E-state index in [0.29, 0.717) is 0 Å². The highest BCUT2D eigenvalue weighted by molar-refractivity contribution is 7.12. The maximum absolute atomic E-state index is 11.1. The van der Waals surface area contributed by atoms with Crippen molar-refractivity contribution in [1.29, 1.82) is 0 Å². The molecule has 6 nitrogen and oxygen atoms in total. The van der Waals surface area contributed by atoms with Crippen LogP contribution < -0.4 is 10.1 Å². The first kappa shape index (κ1) is 16.9. The number of carbonyl (C=O) groups excluding carboxylic acids is 1. The number of hydrogen-bond acceptors (Lipinski definition) is 5. The molecule has 2 atom stereocenters. The van der Waals surface area contributed by atoms with Gasteiger partial charge in [-0.1, -0.05) is 11.3 Å². The molecule has 7 heteroatoms. The fourth-order valence-corrected chi connectivity index (χ4v) is 3.86. The molecule has 1 aliphatic rings. The number of benzene rings is 1. The van der Waals surface area contributed by atoms with Crippen LogP contribution in [0.15, 0.2) is 29.3 Å². The molecule has 0 aliphatic heterocycles. The van der Waals surface area contributed by atoms with E-state index in [0.717, 1.165) is 46.7 Å². The SMILES string of the molecule is CC(=O)Nc1ccc(-c2nn(C)c(=N[C@@H]3CCCC(O)C3)s2)cc1. The monoisotopic (exact) mass is 346 g/mol. The van der Waals surface area contributed by atoms with Crippen LogP contribution in [0, 0.1) is 0 Å². The van der Waals surface area contributed by atoms with E-state index in [1.54, 1.807) is 16.0 Å². The van der Waals surface area contributed by atoms with Crippen LogP contribution in [-0.4, -0.2) is 32.9 Å². The predicted octanol–water partition coefficient (Wildman–Crippen LogP) is 2.31. The van der Waals surface area contributed by atoms with E-state index < -0.39 is 0 Å². The molecule has 1 aromatic carbocycles. The first-order valence-corrected chi connectivity index (χ1v) is 8.97. The van der Waals surface area contributed by atoms with Crippen molar-refractivity contribution in [3.8, 4) is 10.6 Å². The summed E-state index contributed by atoms with van der Waals surface area (Å²) in [6.45, 7) is 1.49. The number of amides is 1. The van der Waals surface area contributed by atoms with E-state index in [4.69, 9.17) is 4.99 Å². The third-order valence-electron chi connectivity index (χ3n) is 4.07. The van der Waals surface area contributed by atoms with Gasteiger partial charge < -0.3 is 10.4 Å². The van der Waals surface area contributed by atoms with Crippen molar-refractivity contribution in [2.75, 3.05) is 5.32 Å². The Kier molecular flexibility index (Phi) is 5.11. The van der Waals surface area contributed by atoms with Gasteiger partial charge in [0.1, 0.15) is 5.01 Å². The highest BCUT2D eigenvalue weighted by Crippen LogP contribution is 2.23. The zero-order valence-corrected chi connectivity index (χ0v) is 14.7. The van der Waals surface area contributed by atoms with Crippen molar-refractivity contribution < 1.29 is 9.90 Å². The fourth-order valence-electron chi connectivity index (χ4n) is 2.89. The fraction of sp³-hybridized carbons (Fsp3) is 0.471. The Hall–Kier alpha value is -1.99. The van der Waals surface area contributed by atoms with Crippen LogP contribution in [-0.2, 0) is 11.8 Å². The van der Waals surface area contributed by atoms with Gasteiger partial charge in [0.25, 0.3) is 0 Å². The number of carbonyl (C=O) groups is 1. The highest BCUT2D eigenvalue weighted by atomic mass is 32.1. The second kappa shape index (κ2) is 7.27. The maximum atomic E-state index is 11.1. The second-order valence-electron chi connectivity index (χ2n) is 6.18. The summed E-state index contributed by atoms with van der Waals surface area (Å²) in [5.74, 6) is -0.0841. The number of aliphatic hydroxyl groups is 1. The molecule has 1 heterocycles. The van der Waals surface area contributed by atoms with Crippen LogP contribution in [0.4, 0.5) is 5.69 Å². The maximum Gasteiger partial charge on any atom is 0.221 e. The number of aliphatic hydroxyl groups excluding tert-OH is 1. The summed E-state index contributed by atoms with van der Waals surface area (Å²) in [4.78, 5) is 16.7. The molecule has 3 rings (SSSR count). The van der Waals surface area contributed by atoms with Crippen LogP contribution in [0.25, 0.3) is 10.6 Å². The number of nitrogens with one attached hydrogen (secondary N) is 1. The zero-order chi connectivity index (χ0) is 17.1. The average molecular weight is 346 g/mol. The molecule has 1 fully saturated rings. The topological polar surface area (TPSA) is 79.5 Å². The summed E-state index contributed by atoms with van der Waals surface area (Å²) >= 11 is 1.54. The largest absolute Gasteiger partial charge is 0.393 e. The minimum Gasteiger partial charge on any atom is -0.393 e. The third-order valence-corrected chi connectivity index (χ3v) is 5.13. The number of nitrogens with zero attached hydrogens (tertiary/aromatic N) is 3. The van der Waals surface area contributed by atoms with Crippen LogP contribution in [0.1, 0.15) is 32.6 Å². The molecule has 0 bridgehead atoms. The van der Waals surface area contributed by atoms with Crippen molar-refractivity contribution >= 4 is 22.9 Å². The van der Waals surface area contributed by atoms with Gasteiger partial charge >= 0.3 is 0 Å². The van der Waals surface area contributed by atoms with Gasteiger partial charge in [-0.3, -0.25) is 9.79 Å². The molecule has 1 aliphatic carbocycles. The van der Waals surface area contributed by atoms with Crippen LogP contribution in [0.5, 0.6) is 0 Å². The van der Waals surface area contributed by atoms with Gasteiger partial charge in [0.2, 0.25) is 10.7 Å². The van der Waals surface area contributed by atoms with Crippen LogP contribution in [0.2, 0.25) is 0 Å². The van der Waals surface area contributed by atoms with Crippen LogP contribution >= 0.6 is 11.3 Å². The molecule has 1 saturated carbocycles. The summed E-state index contributed by atoms with van der Waals surface area (Å²) in [6.07, 6.45) is 3.43. The Bertz CT molecular complexity index is 779. The first-order valence-electron chi connectivity index (χ1n) is 8.15. The molecule has 1 aromatic heterocycles. The van der Waals surface area contributed by atoms with Gasteiger partial charge in [0.05, 0.1) is 12.1 Å². The number of hydrogen-bond donors (Lipinski definition) is 2. The Balaban J connectivity index is 1.81. The molecule has 24 heavy (non-hydrogen) atoms. The second-order valence-corrected chi connectivity index (χ2v) is 7.13. The Morgan fingerprint density at radius 3 is 2.79 bits per heavy atom. The summed E-state index contributed by atoms with van der Waals surface area (Å²) in [6, 6.07) is 7.80. The van der Waals surface area contributed by atoms with Crippen molar-refractivity contribution in [2.24, 2.45) is 12.0 Å².